The summed E-state index contributed by atoms with van der Waals surface area (Å²) < 4.78 is 1.80. The monoisotopic (exact) mass is 383 g/mol. The number of halogens is 1. The van der Waals surface area contributed by atoms with Crippen LogP contribution in [-0.2, 0) is 0 Å². The third-order valence-electron chi connectivity index (χ3n) is 3.09. The Morgan fingerprint density at radius 2 is 2.10 bits per heavy atom. The summed E-state index contributed by atoms with van der Waals surface area (Å²) in [5.74, 6) is 0.111. The van der Waals surface area contributed by atoms with Crippen molar-refractivity contribution in [2.75, 3.05) is 5.32 Å². The van der Waals surface area contributed by atoms with E-state index in [0.717, 1.165) is 19.5 Å². The summed E-state index contributed by atoms with van der Waals surface area (Å²) in [6.07, 6.45) is 2.42. The Balaban J connectivity index is 1.61. The topological polar surface area (TPSA) is 54.9 Å². The van der Waals surface area contributed by atoms with E-state index in [9.17, 15) is 4.79 Å². The van der Waals surface area contributed by atoms with E-state index < -0.39 is 0 Å². The van der Waals surface area contributed by atoms with Crippen LogP contribution in [0, 0.1) is 0 Å². The highest BCUT2D eigenvalue weighted by Gasteiger charge is 2.23. The highest BCUT2D eigenvalue weighted by atomic mass is 79.9. The Kier molecular flexibility index (Phi) is 4.61. The number of carbonyl (C=O) groups is 1. The number of aromatic nitrogens is 2. The fourth-order valence-electron chi connectivity index (χ4n) is 1.77. The number of nitrogens with zero attached hydrogens (tertiary/aromatic N) is 2. The second-order valence-corrected chi connectivity index (χ2v) is 8.40. The van der Waals surface area contributed by atoms with E-state index in [2.05, 4.69) is 31.4 Å². The lowest BCUT2D eigenvalue weighted by Gasteiger charge is -2.07. The van der Waals surface area contributed by atoms with Crippen LogP contribution in [0.4, 0.5) is 5.13 Å². The van der Waals surface area contributed by atoms with Crippen molar-refractivity contribution in [3.05, 3.63) is 34.3 Å². The van der Waals surface area contributed by atoms with Crippen LogP contribution in [0.3, 0.4) is 0 Å². The summed E-state index contributed by atoms with van der Waals surface area (Å²) >= 11 is 6.35. The zero-order chi connectivity index (χ0) is 14.8. The molecule has 1 aliphatic carbocycles. The maximum absolute atomic E-state index is 12.4. The van der Waals surface area contributed by atoms with Gasteiger partial charge in [0.15, 0.2) is 10.1 Å². The largest absolute Gasteiger partial charge is 0.357 e. The minimum Gasteiger partial charge on any atom is -0.357 e. The van der Waals surface area contributed by atoms with E-state index in [4.69, 9.17) is 0 Å². The van der Waals surface area contributed by atoms with Gasteiger partial charge in [-0.25, -0.2) is 0 Å². The molecule has 0 bridgehead atoms. The Hall–Kier alpha value is -0.920. The zero-order valence-electron chi connectivity index (χ0n) is 11.4. The minimum atomic E-state index is -0.173. The van der Waals surface area contributed by atoms with E-state index in [-0.39, 0.29) is 11.0 Å². The molecule has 2 aromatic rings. The van der Waals surface area contributed by atoms with Crippen LogP contribution in [0.15, 0.2) is 33.1 Å². The predicted octanol–water partition coefficient (Wildman–Crippen LogP) is 4.24. The highest BCUT2D eigenvalue weighted by Crippen LogP contribution is 2.33. The van der Waals surface area contributed by atoms with E-state index >= 15 is 0 Å². The Morgan fingerprint density at radius 1 is 1.38 bits per heavy atom. The number of thioether (sulfide) groups is 1. The number of Topliss-reactive ketones (excluding diaryl/α,β-unsaturated/α-hetero) is 1. The molecule has 1 fully saturated rings. The first-order chi connectivity index (χ1) is 10.1. The summed E-state index contributed by atoms with van der Waals surface area (Å²) in [7, 11) is 0. The number of hydrogen-bond donors (Lipinski definition) is 1. The van der Waals surface area contributed by atoms with E-state index in [1.807, 2.05) is 31.2 Å². The molecule has 0 unspecified atom stereocenters. The Labute approximate surface area is 139 Å². The molecule has 1 aromatic heterocycles. The first kappa shape index (κ1) is 15.0. The van der Waals surface area contributed by atoms with Crippen molar-refractivity contribution in [2.24, 2.45) is 0 Å². The van der Waals surface area contributed by atoms with Crippen molar-refractivity contribution in [3.63, 3.8) is 0 Å². The standard InChI is InChI=1S/C14H14BrN3OS2/c1-8(12(19)9-2-4-10(15)5-3-9)20-14-18-17-13(21-14)16-11-6-7-11/h2-5,8,11H,6-7H2,1H3,(H,16,17)/t8-/m0/s1. The lowest BCUT2D eigenvalue weighted by atomic mass is 10.1. The van der Waals surface area contributed by atoms with E-state index in [0.29, 0.717) is 6.04 Å². The molecule has 1 atom stereocenters. The van der Waals surface area contributed by atoms with Crippen LogP contribution in [0.1, 0.15) is 30.1 Å². The molecule has 0 aliphatic heterocycles. The van der Waals surface area contributed by atoms with Gasteiger partial charge in [0.1, 0.15) is 0 Å². The Morgan fingerprint density at radius 3 is 2.76 bits per heavy atom. The molecule has 0 amide bonds. The molecule has 1 heterocycles. The van der Waals surface area contributed by atoms with Crippen molar-refractivity contribution in [1.82, 2.24) is 10.2 Å². The van der Waals surface area contributed by atoms with Crippen molar-refractivity contribution < 1.29 is 4.79 Å². The van der Waals surface area contributed by atoms with Gasteiger partial charge in [0.25, 0.3) is 0 Å². The molecule has 1 aliphatic rings. The van der Waals surface area contributed by atoms with Crippen LogP contribution < -0.4 is 5.32 Å². The second-order valence-electron chi connectivity index (χ2n) is 4.92. The Bertz CT molecular complexity index is 640. The fourth-order valence-corrected chi connectivity index (χ4v) is 4.09. The molecule has 21 heavy (non-hydrogen) atoms. The summed E-state index contributed by atoms with van der Waals surface area (Å²) in [4.78, 5) is 12.4. The zero-order valence-corrected chi connectivity index (χ0v) is 14.6. The molecule has 7 heteroatoms. The van der Waals surface area contributed by atoms with Gasteiger partial charge in [0.2, 0.25) is 5.13 Å². The molecule has 1 saturated carbocycles. The number of rotatable bonds is 6. The lowest BCUT2D eigenvalue weighted by molar-refractivity contribution is 0.0994. The average molecular weight is 384 g/mol. The van der Waals surface area contributed by atoms with Crippen LogP contribution in [-0.4, -0.2) is 27.3 Å². The minimum absolute atomic E-state index is 0.111. The fraction of sp³-hybridized carbons (Fsp3) is 0.357. The van der Waals surface area contributed by atoms with Crippen LogP contribution >= 0.6 is 39.0 Å². The molecule has 1 N–H and O–H groups in total. The van der Waals surface area contributed by atoms with Gasteiger partial charge in [-0.3, -0.25) is 4.79 Å². The van der Waals surface area contributed by atoms with Gasteiger partial charge in [-0.1, -0.05) is 51.2 Å². The van der Waals surface area contributed by atoms with Crippen molar-refractivity contribution in [2.45, 2.75) is 35.4 Å². The molecule has 0 spiro atoms. The van der Waals surface area contributed by atoms with Crippen LogP contribution in [0.2, 0.25) is 0 Å². The third-order valence-corrected chi connectivity index (χ3v) is 5.65. The van der Waals surface area contributed by atoms with Gasteiger partial charge in [-0.2, -0.15) is 0 Å². The highest BCUT2D eigenvalue weighted by molar-refractivity contribution is 9.10. The van der Waals surface area contributed by atoms with Crippen LogP contribution in [0.5, 0.6) is 0 Å². The lowest BCUT2D eigenvalue weighted by Crippen LogP contribution is -2.13. The molecular formula is C14H14BrN3OS2. The smallest absolute Gasteiger partial charge is 0.206 e. The van der Waals surface area contributed by atoms with Gasteiger partial charge in [0, 0.05) is 16.1 Å². The van der Waals surface area contributed by atoms with E-state index in [1.54, 1.807) is 0 Å². The quantitative estimate of drug-likeness (QED) is 0.597. The van der Waals surface area contributed by atoms with Gasteiger partial charge in [-0.05, 0) is 31.9 Å². The summed E-state index contributed by atoms with van der Waals surface area (Å²) in [5.41, 5.74) is 0.721. The number of carbonyl (C=O) groups excluding carboxylic acids is 1. The third kappa shape index (κ3) is 4.05. The van der Waals surface area contributed by atoms with Crippen molar-refractivity contribution in [1.29, 1.82) is 0 Å². The number of anilines is 1. The molecule has 3 rings (SSSR count). The van der Waals surface area contributed by atoms with E-state index in [1.165, 1.54) is 35.9 Å². The molecule has 1 aromatic carbocycles. The molecule has 110 valence electrons. The van der Waals surface area contributed by atoms with Crippen molar-refractivity contribution in [3.8, 4) is 0 Å². The SMILES string of the molecule is C[C@H](Sc1nnc(NC2CC2)s1)C(=O)c1ccc(Br)cc1. The van der Waals surface area contributed by atoms with Gasteiger partial charge < -0.3 is 5.32 Å². The number of benzene rings is 1. The summed E-state index contributed by atoms with van der Waals surface area (Å²) in [5, 5.41) is 12.2. The summed E-state index contributed by atoms with van der Waals surface area (Å²) in [6, 6.07) is 8.01. The first-order valence-corrected chi connectivity index (χ1v) is 9.17. The number of ketones is 1. The average Bonchev–Trinajstić information content (AvgIpc) is 3.18. The van der Waals surface area contributed by atoms with Gasteiger partial charge in [-0.15, -0.1) is 10.2 Å². The molecule has 0 saturated heterocycles. The van der Waals surface area contributed by atoms with Gasteiger partial charge >= 0.3 is 0 Å². The maximum Gasteiger partial charge on any atom is 0.206 e. The molecular weight excluding hydrogens is 370 g/mol. The summed E-state index contributed by atoms with van der Waals surface area (Å²) in [6.45, 7) is 1.91. The first-order valence-electron chi connectivity index (χ1n) is 6.68. The second kappa shape index (κ2) is 6.46. The maximum atomic E-state index is 12.4. The van der Waals surface area contributed by atoms with Crippen molar-refractivity contribution >= 4 is 49.9 Å². The normalized spacial score (nSPS) is 15.7. The number of hydrogen-bond acceptors (Lipinski definition) is 6. The van der Waals surface area contributed by atoms with Crippen LogP contribution in [0.25, 0.3) is 0 Å². The number of nitrogens with one attached hydrogen (secondary N) is 1. The molecule has 4 nitrogen and oxygen atoms in total. The molecule has 0 radical (unpaired) electrons. The van der Waals surface area contributed by atoms with Gasteiger partial charge in [0.05, 0.1) is 5.25 Å². The predicted molar refractivity (Wildman–Crippen MR) is 90.3 cm³/mol.